The highest BCUT2D eigenvalue weighted by atomic mass is 16.5. The van der Waals surface area contributed by atoms with Gasteiger partial charge < -0.3 is 4.74 Å². The molecule has 0 amide bonds. The fraction of sp³-hybridized carbons (Fsp3) is 0.417. The molecule has 0 aliphatic rings. The van der Waals surface area contributed by atoms with Crippen LogP contribution in [0, 0.1) is 12.8 Å². The minimum atomic E-state index is -0.418. The number of pyridine rings is 1. The second kappa shape index (κ2) is 5.39. The van der Waals surface area contributed by atoms with E-state index in [9.17, 15) is 9.59 Å². The van der Waals surface area contributed by atoms with Gasteiger partial charge in [-0.1, -0.05) is 6.92 Å². The lowest BCUT2D eigenvalue weighted by Gasteiger charge is -2.07. The fourth-order valence-corrected chi connectivity index (χ4v) is 1.31. The highest BCUT2D eigenvalue weighted by molar-refractivity contribution is 5.97. The van der Waals surface area contributed by atoms with Gasteiger partial charge in [0.1, 0.15) is 0 Å². The van der Waals surface area contributed by atoms with Crippen LogP contribution in [0.3, 0.4) is 0 Å². The number of aromatic nitrogens is 1. The summed E-state index contributed by atoms with van der Waals surface area (Å²) < 4.78 is 4.56. The van der Waals surface area contributed by atoms with Crippen molar-refractivity contribution in [2.45, 2.75) is 20.3 Å². The zero-order chi connectivity index (χ0) is 12.1. The number of esters is 1. The molecule has 0 aliphatic heterocycles. The molecule has 0 bridgehead atoms. The van der Waals surface area contributed by atoms with Gasteiger partial charge in [0.05, 0.1) is 13.0 Å². The summed E-state index contributed by atoms with van der Waals surface area (Å²) in [7, 11) is 1.32. The van der Waals surface area contributed by atoms with Crippen molar-refractivity contribution in [3.05, 3.63) is 29.6 Å². The Hall–Kier alpha value is -1.71. The molecule has 1 unspecified atom stereocenters. The van der Waals surface area contributed by atoms with Crippen LogP contribution in [0.5, 0.6) is 0 Å². The van der Waals surface area contributed by atoms with Gasteiger partial charge >= 0.3 is 5.97 Å². The van der Waals surface area contributed by atoms with Crippen molar-refractivity contribution in [3.8, 4) is 0 Å². The highest BCUT2D eigenvalue weighted by Gasteiger charge is 2.18. The maximum Gasteiger partial charge on any atom is 0.308 e. The van der Waals surface area contributed by atoms with E-state index in [1.165, 1.54) is 13.3 Å². The van der Waals surface area contributed by atoms with Crippen molar-refractivity contribution in [2.75, 3.05) is 7.11 Å². The summed E-state index contributed by atoms with van der Waals surface area (Å²) in [4.78, 5) is 26.9. The molecule has 1 aromatic heterocycles. The van der Waals surface area contributed by atoms with Crippen LogP contribution in [-0.4, -0.2) is 23.8 Å². The van der Waals surface area contributed by atoms with E-state index in [0.29, 0.717) is 5.56 Å². The number of hydrogen-bond acceptors (Lipinski definition) is 4. The Bertz CT molecular complexity index is 384. The number of methoxy groups -OCH3 is 1. The molecule has 0 N–H and O–H groups in total. The number of ether oxygens (including phenoxy) is 1. The Morgan fingerprint density at radius 2 is 2.12 bits per heavy atom. The summed E-state index contributed by atoms with van der Waals surface area (Å²) in [5, 5.41) is 0. The van der Waals surface area contributed by atoms with Gasteiger partial charge in [-0.2, -0.15) is 0 Å². The molecular weight excluding hydrogens is 206 g/mol. The predicted octanol–water partition coefficient (Wildman–Crippen LogP) is 1.77. The predicted molar refractivity (Wildman–Crippen MR) is 59.1 cm³/mol. The van der Waals surface area contributed by atoms with Gasteiger partial charge in [-0.3, -0.25) is 14.6 Å². The van der Waals surface area contributed by atoms with Gasteiger partial charge in [0, 0.05) is 23.9 Å². The maximum atomic E-state index is 11.7. The topological polar surface area (TPSA) is 56.3 Å². The van der Waals surface area contributed by atoms with Crippen LogP contribution < -0.4 is 0 Å². The van der Waals surface area contributed by atoms with Crippen LogP contribution in [0.1, 0.15) is 29.4 Å². The van der Waals surface area contributed by atoms with Crippen LogP contribution in [0.4, 0.5) is 0 Å². The smallest absolute Gasteiger partial charge is 0.308 e. The summed E-state index contributed by atoms with van der Waals surface area (Å²) in [6.07, 6.45) is 1.68. The van der Waals surface area contributed by atoms with E-state index in [1.54, 1.807) is 19.1 Å². The van der Waals surface area contributed by atoms with Crippen molar-refractivity contribution < 1.29 is 14.3 Å². The molecule has 0 radical (unpaired) electrons. The number of hydrogen-bond donors (Lipinski definition) is 0. The monoisotopic (exact) mass is 221 g/mol. The Morgan fingerprint density at radius 1 is 1.44 bits per heavy atom. The first kappa shape index (κ1) is 12.4. The Labute approximate surface area is 94.6 Å². The molecule has 0 fully saturated rings. The first-order valence-electron chi connectivity index (χ1n) is 5.08. The average Bonchev–Trinajstić information content (AvgIpc) is 2.28. The van der Waals surface area contributed by atoms with Crippen molar-refractivity contribution >= 4 is 11.8 Å². The molecule has 16 heavy (non-hydrogen) atoms. The highest BCUT2D eigenvalue weighted by Crippen LogP contribution is 2.10. The molecule has 86 valence electrons. The minimum Gasteiger partial charge on any atom is -0.469 e. The molecule has 0 aliphatic carbocycles. The third-order valence-electron chi connectivity index (χ3n) is 2.33. The van der Waals surface area contributed by atoms with E-state index in [1.807, 2.05) is 6.92 Å². The largest absolute Gasteiger partial charge is 0.469 e. The maximum absolute atomic E-state index is 11.7. The number of nitrogens with zero attached hydrogens (tertiary/aromatic N) is 1. The van der Waals surface area contributed by atoms with Crippen molar-refractivity contribution in [3.63, 3.8) is 0 Å². The number of aryl methyl sites for hydroxylation is 1. The van der Waals surface area contributed by atoms with E-state index in [0.717, 1.165) is 5.69 Å². The summed E-state index contributed by atoms with van der Waals surface area (Å²) >= 11 is 0. The lowest BCUT2D eigenvalue weighted by atomic mass is 10.0. The zero-order valence-corrected chi connectivity index (χ0v) is 9.69. The zero-order valence-electron chi connectivity index (χ0n) is 9.69. The first-order valence-corrected chi connectivity index (χ1v) is 5.08. The quantitative estimate of drug-likeness (QED) is 0.574. The second-order valence-electron chi connectivity index (χ2n) is 3.74. The molecule has 1 aromatic rings. The Kier molecular flexibility index (Phi) is 4.17. The van der Waals surface area contributed by atoms with E-state index < -0.39 is 5.92 Å². The van der Waals surface area contributed by atoms with Crippen molar-refractivity contribution in [1.29, 1.82) is 0 Å². The van der Waals surface area contributed by atoms with Crippen LogP contribution in [0.15, 0.2) is 18.3 Å². The number of carbonyl (C=O) groups excluding carboxylic acids is 2. The lowest BCUT2D eigenvalue weighted by molar-refractivity contribution is -0.144. The molecule has 4 heteroatoms. The molecule has 0 saturated heterocycles. The molecule has 1 heterocycles. The van der Waals surface area contributed by atoms with Gasteiger partial charge in [-0.15, -0.1) is 0 Å². The lowest BCUT2D eigenvalue weighted by Crippen LogP contribution is -2.17. The summed E-state index contributed by atoms with van der Waals surface area (Å²) in [6.45, 7) is 3.52. The number of carbonyl (C=O) groups is 2. The molecule has 0 saturated carbocycles. The Morgan fingerprint density at radius 3 is 2.62 bits per heavy atom. The van der Waals surface area contributed by atoms with Gasteiger partial charge in [0.2, 0.25) is 0 Å². The third-order valence-corrected chi connectivity index (χ3v) is 2.33. The van der Waals surface area contributed by atoms with Crippen molar-refractivity contribution in [2.24, 2.45) is 5.92 Å². The second-order valence-corrected chi connectivity index (χ2v) is 3.74. The summed E-state index contributed by atoms with van der Waals surface area (Å²) in [5.41, 5.74) is 1.39. The number of rotatable bonds is 4. The van der Waals surface area contributed by atoms with Gasteiger partial charge in [-0.05, 0) is 19.1 Å². The van der Waals surface area contributed by atoms with Crippen LogP contribution in [0.25, 0.3) is 0 Å². The van der Waals surface area contributed by atoms with E-state index in [2.05, 4.69) is 9.72 Å². The van der Waals surface area contributed by atoms with Gasteiger partial charge in [0.25, 0.3) is 0 Å². The first-order chi connectivity index (χ1) is 7.54. The van der Waals surface area contributed by atoms with Crippen LogP contribution in [0.2, 0.25) is 0 Å². The molecule has 1 rings (SSSR count). The molecule has 0 aromatic carbocycles. The summed E-state index contributed by atoms with van der Waals surface area (Å²) in [6, 6.07) is 3.49. The molecule has 1 atom stereocenters. The standard InChI is InChI=1S/C12H15NO3/c1-8(12(15)16-3)6-11(14)10-5-4-9(2)13-7-10/h4-5,7-8H,6H2,1-3H3. The van der Waals surface area contributed by atoms with Crippen molar-refractivity contribution in [1.82, 2.24) is 4.98 Å². The molecule has 0 spiro atoms. The SMILES string of the molecule is COC(=O)C(C)CC(=O)c1ccc(C)nc1. The fourth-order valence-electron chi connectivity index (χ4n) is 1.31. The molecular formula is C12H15NO3. The van der Waals surface area contributed by atoms with Gasteiger partial charge in [-0.25, -0.2) is 0 Å². The summed E-state index contributed by atoms with van der Waals surface area (Å²) in [5.74, 6) is -0.877. The average molecular weight is 221 g/mol. The van der Waals surface area contributed by atoms with Gasteiger partial charge in [0.15, 0.2) is 5.78 Å². The van der Waals surface area contributed by atoms with Crippen LogP contribution in [-0.2, 0) is 9.53 Å². The van der Waals surface area contributed by atoms with E-state index in [4.69, 9.17) is 0 Å². The molecule has 4 nitrogen and oxygen atoms in total. The Balaban J connectivity index is 2.65. The third kappa shape index (κ3) is 3.15. The minimum absolute atomic E-state index is 0.0922. The van der Waals surface area contributed by atoms with E-state index in [-0.39, 0.29) is 18.2 Å². The normalized spacial score (nSPS) is 11.9. The van der Waals surface area contributed by atoms with E-state index >= 15 is 0 Å². The van der Waals surface area contributed by atoms with Crippen LogP contribution >= 0.6 is 0 Å². The number of ketones is 1. The number of Topliss-reactive ketones (excluding diaryl/α,β-unsaturated/α-hetero) is 1.